The van der Waals surface area contributed by atoms with Gasteiger partial charge in [-0.1, -0.05) is 23.4 Å². The number of nitrogens with one attached hydrogen (secondary N) is 1. The van der Waals surface area contributed by atoms with Gasteiger partial charge in [-0.05, 0) is 43.7 Å². The van der Waals surface area contributed by atoms with E-state index in [-0.39, 0.29) is 6.04 Å². The second kappa shape index (κ2) is 7.64. The largest absolute Gasteiger partial charge is 0.363 e. The van der Waals surface area contributed by atoms with Crippen LogP contribution < -0.4 is 5.32 Å². The van der Waals surface area contributed by atoms with Crippen molar-refractivity contribution >= 4 is 27.4 Å². The monoisotopic (exact) mass is 413 g/mol. The number of fused-ring (bicyclic) bond motifs is 1. The Morgan fingerprint density at radius 2 is 2.00 bits per heavy atom. The molecule has 3 aromatic heterocycles. The van der Waals surface area contributed by atoms with E-state index in [9.17, 15) is 0 Å². The summed E-state index contributed by atoms with van der Waals surface area (Å²) in [6.07, 6.45) is 3.50. The molecule has 0 aliphatic heterocycles. The van der Waals surface area contributed by atoms with E-state index < -0.39 is 0 Å². The Hall–Kier alpha value is -3.65. The van der Waals surface area contributed by atoms with Gasteiger partial charge in [0.1, 0.15) is 11.6 Å². The zero-order valence-corrected chi connectivity index (χ0v) is 17.3. The first-order valence-corrected chi connectivity index (χ1v) is 10.5. The van der Waals surface area contributed by atoms with E-state index in [1.165, 1.54) is 0 Å². The lowest BCUT2D eigenvalue weighted by Crippen LogP contribution is -2.10. The van der Waals surface area contributed by atoms with E-state index in [0.29, 0.717) is 0 Å². The highest BCUT2D eigenvalue weighted by Crippen LogP contribution is 2.27. The van der Waals surface area contributed by atoms with Crippen LogP contribution in [0.2, 0.25) is 0 Å². The normalized spacial score (nSPS) is 12.2. The van der Waals surface area contributed by atoms with Gasteiger partial charge >= 0.3 is 0 Å². The predicted octanol–water partition coefficient (Wildman–Crippen LogP) is 4.82. The molecule has 3 heterocycles. The summed E-state index contributed by atoms with van der Waals surface area (Å²) in [5, 5.41) is 11.5. The van der Waals surface area contributed by atoms with Gasteiger partial charge in [0.05, 0.1) is 45.5 Å². The standard InChI is InChI=1S/C22H19N7S/c1-14(16-4-3-5-18(10-16)29-9-8-24-28-29)25-22-12-20(26-15(2)27-22)17-6-7-19-21(11-17)30-13-23-19/h3-14H,1-2H3,(H,25,26,27). The van der Waals surface area contributed by atoms with Crippen molar-refractivity contribution in [3.05, 3.63) is 77.8 Å². The van der Waals surface area contributed by atoms with Gasteiger partial charge in [0, 0.05) is 11.6 Å². The summed E-state index contributed by atoms with van der Waals surface area (Å²) < 4.78 is 2.90. The van der Waals surface area contributed by atoms with Gasteiger partial charge in [-0.2, -0.15) is 0 Å². The summed E-state index contributed by atoms with van der Waals surface area (Å²) in [6.45, 7) is 4.02. The van der Waals surface area contributed by atoms with Gasteiger partial charge < -0.3 is 5.32 Å². The molecule has 7 nitrogen and oxygen atoms in total. The molecule has 0 bridgehead atoms. The van der Waals surface area contributed by atoms with Crippen LogP contribution in [-0.4, -0.2) is 29.9 Å². The van der Waals surface area contributed by atoms with Gasteiger partial charge in [0.2, 0.25) is 0 Å². The Bertz CT molecular complexity index is 1310. The number of hydrogen-bond acceptors (Lipinski definition) is 7. The van der Waals surface area contributed by atoms with Crippen molar-refractivity contribution in [2.75, 3.05) is 5.32 Å². The van der Waals surface area contributed by atoms with Gasteiger partial charge in [-0.25, -0.2) is 19.6 Å². The van der Waals surface area contributed by atoms with Crippen LogP contribution in [0.4, 0.5) is 5.82 Å². The lowest BCUT2D eigenvalue weighted by atomic mass is 10.1. The molecule has 0 aliphatic rings. The molecule has 5 rings (SSSR count). The van der Waals surface area contributed by atoms with Crippen LogP contribution in [0.25, 0.3) is 27.2 Å². The van der Waals surface area contributed by atoms with Crippen molar-refractivity contribution in [2.24, 2.45) is 0 Å². The minimum absolute atomic E-state index is 0.0552. The van der Waals surface area contributed by atoms with Crippen LogP contribution in [0.15, 0.2) is 66.4 Å². The summed E-state index contributed by atoms with van der Waals surface area (Å²) in [6, 6.07) is 16.5. The summed E-state index contributed by atoms with van der Waals surface area (Å²) >= 11 is 1.63. The van der Waals surface area contributed by atoms with Crippen LogP contribution >= 0.6 is 11.3 Å². The van der Waals surface area contributed by atoms with Gasteiger partial charge in [-0.3, -0.25) is 0 Å². The van der Waals surface area contributed by atoms with Gasteiger partial charge in [0.25, 0.3) is 0 Å². The zero-order chi connectivity index (χ0) is 20.5. The molecule has 2 aromatic carbocycles. The number of benzene rings is 2. The van der Waals surface area contributed by atoms with E-state index in [0.717, 1.165) is 44.4 Å². The summed E-state index contributed by atoms with van der Waals surface area (Å²) in [5.41, 5.74) is 6.92. The minimum atomic E-state index is 0.0552. The summed E-state index contributed by atoms with van der Waals surface area (Å²) in [4.78, 5) is 13.6. The molecule has 0 saturated heterocycles. The molecule has 0 fully saturated rings. The highest BCUT2D eigenvalue weighted by atomic mass is 32.1. The highest BCUT2D eigenvalue weighted by Gasteiger charge is 2.11. The first kappa shape index (κ1) is 18.4. The Balaban J connectivity index is 1.43. The highest BCUT2D eigenvalue weighted by molar-refractivity contribution is 7.16. The molecule has 0 spiro atoms. The smallest absolute Gasteiger partial charge is 0.130 e. The fourth-order valence-corrected chi connectivity index (χ4v) is 4.11. The molecule has 0 amide bonds. The summed E-state index contributed by atoms with van der Waals surface area (Å²) in [7, 11) is 0. The van der Waals surface area contributed by atoms with E-state index in [4.69, 9.17) is 0 Å². The van der Waals surface area contributed by atoms with E-state index in [1.807, 2.05) is 42.9 Å². The topological polar surface area (TPSA) is 81.4 Å². The number of rotatable bonds is 5. The van der Waals surface area contributed by atoms with Crippen molar-refractivity contribution in [1.82, 2.24) is 29.9 Å². The molecule has 0 saturated carbocycles. The van der Waals surface area contributed by atoms with Crippen molar-refractivity contribution in [1.29, 1.82) is 0 Å². The molecule has 5 aromatic rings. The van der Waals surface area contributed by atoms with E-state index >= 15 is 0 Å². The first-order chi connectivity index (χ1) is 14.7. The first-order valence-electron chi connectivity index (χ1n) is 9.58. The quantitative estimate of drug-likeness (QED) is 0.445. The van der Waals surface area contributed by atoms with Gasteiger partial charge in [0.15, 0.2) is 0 Å². The lowest BCUT2D eigenvalue weighted by Gasteiger charge is -2.17. The molecule has 1 unspecified atom stereocenters. The Labute approximate surface area is 177 Å². The molecule has 0 aliphatic carbocycles. The number of aromatic nitrogens is 6. The molecule has 0 radical (unpaired) electrons. The van der Waals surface area contributed by atoms with Crippen LogP contribution in [0.3, 0.4) is 0 Å². The SMILES string of the molecule is Cc1nc(NC(C)c2cccc(-n3ccnn3)c2)cc(-c2ccc3ncsc3c2)n1. The summed E-state index contributed by atoms with van der Waals surface area (Å²) in [5.74, 6) is 1.52. The Kier molecular flexibility index (Phi) is 4.68. The van der Waals surface area contributed by atoms with E-state index in [1.54, 1.807) is 22.2 Å². The van der Waals surface area contributed by atoms with Crippen molar-refractivity contribution in [2.45, 2.75) is 19.9 Å². The number of thiazole rings is 1. The van der Waals surface area contributed by atoms with Crippen LogP contribution in [0.5, 0.6) is 0 Å². The second-order valence-electron chi connectivity index (χ2n) is 7.03. The van der Waals surface area contributed by atoms with Gasteiger partial charge in [-0.15, -0.1) is 16.4 Å². The average Bonchev–Trinajstić information content (AvgIpc) is 3.45. The molecular formula is C22H19N7S. The maximum absolute atomic E-state index is 4.64. The predicted molar refractivity (Wildman–Crippen MR) is 119 cm³/mol. The average molecular weight is 414 g/mol. The zero-order valence-electron chi connectivity index (χ0n) is 16.5. The third-order valence-corrected chi connectivity index (χ3v) is 5.68. The Morgan fingerprint density at radius 1 is 1.07 bits per heavy atom. The Morgan fingerprint density at radius 3 is 2.87 bits per heavy atom. The minimum Gasteiger partial charge on any atom is -0.363 e. The van der Waals surface area contributed by atoms with Crippen molar-refractivity contribution in [3.8, 4) is 16.9 Å². The maximum atomic E-state index is 4.64. The number of aryl methyl sites for hydroxylation is 1. The van der Waals surface area contributed by atoms with Crippen LogP contribution in [0, 0.1) is 6.92 Å². The number of hydrogen-bond donors (Lipinski definition) is 1. The fourth-order valence-electron chi connectivity index (χ4n) is 3.39. The lowest BCUT2D eigenvalue weighted by molar-refractivity contribution is 0.796. The molecular weight excluding hydrogens is 394 g/mol. The third-order valence-electron chi connectivity index (χ3n) is 4.89. The molecule has 1 N–H and O–H groups in total. The molecule has 1 atom stereocenters. The van der Waals surface area contributed by atoms with Crippen molar-refractivity contribution < 1.29 is 0 Å². The second-order valence-corrected chi connectivity index (χ2v) is 7.92. The van der Waals surface area contributed by atoms with Crippen molar-refractivity contribution in [3.63, 3.8) is 0 Å². The number of nitrogens with zero attached hydrogens (tertiary/aromatic N) is 6. The molecule has 148 valence electrons. The maximum Gasteiger partial charge on any atom is 0.130 e. The fraction of sp³-hybridized carbons (Fsp3) is 0.136. The van der Waals surface area contributed by atoms with E-state index in [2.05, 4.69) is 61.8 Å². The molecule has 30 heavy (non-hydrogen) atoms. The molecule has 8 heteroatoms. The third kappa shape index (κ3) is 3.65. The van der Waals surface area contributed by atoms with Crippen LogP contribution in [-0.2, 0) is 0 Å². The number of anilines is 1. The van der Waals surface area contributed by atoms with Crippen LogP contribution in [0.1, 0.15) is 24.4 Å².